The lowest BCUT2D eigenvalue weighted by molar-refractivity contribution is -0.123. The SMILES string of the molecule is CC1(CNC(=O)COc2ccc(N3CCCC3=O)cc2)CCNCC1.Cl. The van der Waals surface area contributed by atoms with Gasteiger partial charge in [0.2, 0.25) is 5.91 Å². The van der Waals surface area contributed by atoms with Gasteiger partial charge in [-0.1, -0.05) is 6.92 Å². The fraction of sp³-hybridized carbons (Fsp3) is 0.579. The van der Waals surface area contributed by atoms with Crippen molar-refractivity contribution in [3.63, 3.8) is 0 Å². The molecule has 0 radical (unpaired) electrons. The Morgan fingerprint density at radius 3 is 2.58 bits per heavy atom. The molecule has 0 bridgehead atoms. The fourth-order valence-electron chi connectivity index (χ4n) is 3.36. The predicted molar refractivity (Wildman–Crippen MR) is 104 cm³/mol. The van der Waals surface area contributed by atoms with Crippen LogP contribution in [-0.4, -0.2) is 44.6 Å². The van der Waals surface area contributed by atoms with Gasteiger partial charge in [0, 0.05) is 25.2 Å². The highest BCUT2D eigenvalue weighted by atomic mass is 35.5. The summed E-state index contributed by atoms with van der Waals surface area (Å²) >= 11 is 0. The molecule has 26 heavy (non-hydrogen) atoms. The van der Waals surface area contributed by atoms with Crippen molar-refractivity contribution in [2.75, 3.05) is 37.7 Å². The summed E-state index contributed by atoms with van der Waals surface area (Å²) in [5.41, 5.74) is 1.06. The largest absolute Gasteiger partial charge is 0.484 e. The van der Waals surface area contributed by atoms with E-state index in [-0.39, 0.29) is 36.2 Å². The van der Waals surface area contributed by atoms with Gasteiger partial charge in [0.25, 0.3) is 5.91 Å². The molecule has 2 amide bonds. The summed E-state index contributed by atoms with van der Waals surface area (Å²) in [5.74, 6) is 0.705. The Kier molecular flexibility index (Phi) is 7.29. The highest BCUT2D eigenvalue weighted by Crippen LogP contribution is 2.26. The minimum atomic E-state index is -0.0986. The lowest BCUT2D eigenvalue weighted by Crippen LogP contribution is -2.43. The number of benzene rings is 1. The van der Waals surface area contributed by atoms with Crippen LogP contribution < -0.4 is 20.3 Å². The van der Waals surface area contributed by atoms with Crippen molar-refractivity contribution in [2.24, 2.45) is 5.41 Å². The fourth-order valence-corrected chi connectivity index (χ4v) is 3.36. The van der Waals surface area contributed by atoms with Crippen molar-refractivity contribution >= 4 is 29.9 Å². The molecule has 0 aliphatic carbocycles. The van der Waals surface area contributed by atoms with E-state index in [4.69, 9.17) is 4.74 Å². The molecule has 0 atom stereocenters. The highest BCUT2D eigenvalue weighted by molar-refractivity contribution is 5.95. The molecule has 2 heterocycles. The molecule has 0 aromatic heterocycles. The first-order valence-corrected chi connectivity index (χ1v) is 9.06. The molecule has 0 unspecified atom stereocenters. The molecule has 2 N–H and O–H groups in total. The van der Waals surface area contributed by atoms with Crippen molar-refractivity contribution in [3.05, 3.63) is 24.3 Å². The summed E-state index contributed by atoms with van der Waals surface area (Å²) in [6, 6.07) is 7.35. The van der Waals surface area contributed by atoms with E-state index in [0.717, 1.165) is 44.6 Å². The van der Waals surface area contributed by atoms with Crippen molar-refractivity contribution in [2.45, 2.75) is 32.6 Å². The molecule has 7 heteroatoms. The third-order valence-electron chi connectivity index (χ3n) is 5.11. The maximum Gasteiger partial charge on any atom is 0.257 e. The summed E-state index contributed by atoms with van der Waals surface area (Å²) in [7, 11) is 0. The van der Waals surface area contributed by atoms with E-state index in [0.29, 0.717) is 18.7 Å². The van der Waals surface area contributed by atoms with Gasteiger partial charge in [-0.2, -0.15) is 0 Å². The quantitative estimate of drug-likeness (QED) is 0.791. The first-order valence-electron chi connectivity index (χ1n) is 9.06. The van der Waals surface area contributed by atoms with E-state index >= 15 is 0 Å². The summed E-state index contributed by atoms with van der Waals surface area (Å²) in [4.78, 5) is 25.5. The van der Waals surface area contributed by atoms with Gasteiger partial charge in [-0.25, -0.2) is 0 Å². The molecule has 0 spiro atoms. The first-order chi connectivity index (χ1) is 12.1. The zero-order valence-electron chi connectivity index (χ0n) is 15.3. The Morgan fingerprint density at radius 1 is 1.27 bits per heavy atom. The number of amides is 2. The van der Waals surface area contributed by atoms with Crippen LogP contribution in [-0.2, 0) is 9.59 Å². The number of hydrogen-bond acceptors (Lipinski definition) is 4. The standard InChI is InChI=1S/C19H27N3O3.ClH/c1-19(8-10-20-11-9-19)14-21-17(23)13-25-16-6-4-15(5-7-16)22-12-2-3-18(22)24;/h4-7,20H,2-3,8-14H2,1H3,(H,21,23);1H. The number of halogens is 1. The zero-order valence-corrected chi connectivity index (χ0v) is 16.1. The Balaban J connectivity index is 0.00000243. The molecule has 2 saturated heterocycles. The Labute approximate surface area is 161 Å². The smallest absolute Gasteiger partial charge is 0.257 e. The second-order valence-electron chi connectivity index (χ2n) is 7.27. The monoisotopic (exact) mass is 381 g/mol. The van der Waals surface area contributed by atoms with Crippen LogP contribution in [0.15, 0.2) is 24.3 Å². The highest BCUT2D eigenvalue weighted by Gasteiger charge is 2.27. The average Bonchev–Trinajstić information content (AvgIpc) is 3.05. The van der Waals surface area contributed by atoms with Gasteiger partial charge in [0.15, 0.2) is 6.61 Å². The average molecular weight is 382 g/mol. The maximum atomic E-state index is 12.0. The normalized spacial score (nSPS) is 19.0. The Morgan fingerprint density at radius 2 is 1.96 bits per heavy atom. The third-order valence-corrected chi connectivity index (χ3v) is 5.11. The molecule has 144 valence electrons. The number of ether oxygens (including phenoxy) is 1. The predicted octanol–water partition coefficient (Wildman–Crippen LogP) is 2.12. The van der Waals surface area contributed by atoms with Crippen LogP contribution in [0.2, 0.25) is 0 Å². The van der Waals surface area contributed by atoms with Gasteiger partial charge in [0.05, 0.1) is 0 Å². The first kappa shape index (κ1) is 20.5. The second kappa shape index (κ2) is 9.24. The van der Waals surface area contributed by atoms with E-state index in [1.54, 1.807) is 4.90 Å². The number of hydrogen-bond donors (Lipinski definition) is 2. The number of piperidine rings is 1. The molecular weight excluding hydrogens is 354 g/mol. The molecule has 2 aliphatic heterocycles. The molecule has 1 aromatic carbocycles. The lowest BCUT2D eigenvalue weighted by Gasteiger charge is -2.34. The second-order valence-corrected chi connectivity index (χ2v) is 7.27. The number of carbonyl (C=O) groups is 2. The molecular formula is C19H28ClN3O3. The minimum Gasteiger partial charge on any atom is -0.484 e. The van der Waals surface area contributed by atoms with Gasteiger partial charge >= 0.3 is 0 Å². The van der Waals surface area contributed by atoms with E-state index in [2.05, 4.69) is 17.6 Å². The van der Waals surface area contributed by atoms with E-state index in [1.165, 1.54) is 0 Å². The maximum absolute atomic E-state index is 12.0. The van der Waals surface area contributed by atoms with E-state index < -0.39 is 0 Å². The number of anilines is 1. The minimum absolute atomic E-state index is 0. The molecule has 2 fully saturated rings. The summed E-state index contributed by atoms with van der Waals surface area (Å²) in [5, 5.41) is 6.32. The zero-order chi connectivity index (χ0) is 17.7. The number of rotatable bonds is 6. The van der Waals surface area contributed by atoms with Gasteiger partial charge in [-0.3, -0.25) is 9.59 Å². The molecule has 6 nitrogen and oxygen atoms in total. The number of nitrogens with one attached hydrogen (secondary N) is 2. The van der Waals surface area contributed by atoms with Crippen LogP contribution in [0.25, 0.3) is 0 Å². The van der Waals surface area contributed by atoms with Gasteiger partial charge in [0.1, 0.15) is 5.75 Å². The van der Waals surface area contributed by atoms with Crippen LogP contribution >= 0.6 is 12.4 Å². The lowest BCUT2D eigenvalue weighted by atomic mass is 9.81. The van der Waals surface area contributed by atoms with Crippen LogP contribution in [0, 0.1) is 5.41 Å². The number of nitrogens with zero attached hydrogens (tertiary/aromatic N) is 1. The van der Waals surface area contributed by atoms with Gasteiger partial charge in [-0.15, -0.1) is 12.4 Å². The van der Waals surface area contributed by atoms with Crippen molar-refractivity contribution < 1.29 is 14.3 Å². The summed E-state index contributed by atoms with van der Waals surface area (Å²) < 4.78 is 5.56. The molecule has 0 saturated carbocycles. The summed E-state index contributed by atoms with van der Waals surface area (Å²) in [6.07, 6.45) is 3.68. The topological polar surface area (TPSA) is 70.7 Å². The molecule has 1 aromatic rings. The number of carbonyl (C=O) groups excluding carboxylic acids is 2. The molecule has 3 rings (SSSR count). The van der Waals surface area contributed by atoms with Crippen molar-refractivity contribution in [3.8, 4) is 5.75 Å². The van der Waals surface area contributed by atoms with E-state index in [9.17, 15) is 9.59 Å². The molecule has 2 aliphatic rings. The van der Waals surface area contributed by atoms with Crippen LogP contribution in [0.1, 0.15) is 32.6 Å². The van der Waals surface area contributed by atoms with Crippen molar-refractivity contribution in [1.82, 2.24) is 10.6 Å². The van der Waals surface area contributed by atoms with E-state index in [1.807, 2.05) is 24.3 Å². The van der Waals surface area contributed by atoms with Crippen LogP contribution in [0.3, 0.4) is 0 Å². The summed E-state index contributed by atoms with van der Waals surface area (Å²) in [6.45, 7) is 5.70. The Bertz CT molecular complexity index is 615. The van der Waals surface area contributed by atoms with Crippen molar-refractivity contribution in [1.29, 1.82) is 0 Å². The Hall–Kier alpha value is -1.79. The van der Waals surface area contributed by atoms with Crippen LogP contribution in [0.5, 0.6) is 5.75 Å². The third kappa shape index (κ3) is 5.35. The van der Waals surface area contributed by atoms with Gasteiger partial charge in [-0.05, 0) is 62.0 Å². The van der Waals surface area contributed by atoms with Crippen LogP contribution in [0.4, 0.5) is 5.69 Å². The van der Waals surface area contributed by atoms with Gasteiger partial charge < -0.3 is 20.3 Å².